The molecule has 7 nitrogen and oxygen atoms in total. The Hall–Kier alpha value is -1.25. The van der Waals surface area contributed by atoms with Crippen molar-refractivity contribution in [1.29, 1.82) is 0 Å². The van der Waals surface area contributed by atoms with Gasteiger partial charge in [-0.05, 0) is 7.05 Å². The molecule has 0 aliphatic carbocycles. The van der Waals surface area contributed by atoms with Crippen molar-refractivity contribution < 1.29 is 13.2 Å². The number of likely N-dealkylation sites (N-methyl/N-ethyl adjacent to an activating group) is 1. The number of nitrogens with zero attached hydrogens (tertiary/aromatic N) is 4. The SMILES string of the molecule is CN1CCN(C(=O)c2nc(S(C)(=O)=O)ncc2Cl)CC1. The summed E-state index contributed by atoms with van der Waals surface area (Å²) in [6.45, 7) is 2.63. The lowest BCUT2D eigenvalue weighted by atomic mass is 10.3. The molecule has 110 valence electrons. The molecule has 0 bridgehead atoms. The van der Waals surface area contributed by atoms with Gasteiger partial charge >= 0.3 is 0 Å². The number of carbonyl (C=O) groups excluding carboxylic acids is 1. The van der Waals surface area contributed by atoms with Gasteiger partial charge in [0.1, 0.15) is 0 Å². The van der Waals surface area contributed by atoms with Gasteiger partial charge in [0, 0.05) is 32.4 Å². The van der Waals surface area contributed by atoms with Crippen molar-refractivity contribution in [2.75, 3.05) is 39.5 Å². The van der Waals surface area contributed by atoms with Crippen molar-refractivity contribution in [2.24, 2.45) is 0 Å². The van der Waals surface area contributed by atoms with Gasteiger partial charge in [-0.3, -0.25) is 4.79 Å². The predicted octanol–water partition coefficient (Wildman–Crippen LogP) is -0.0789. The molecular formula is C11H15ClN4O3S. The van der Waals surface area contributed by atoms with Gasteiger partial charge in [-0.1, -0.05) is 11.6 Å². The maximum Gasteiger partial charge on any atom is 0.274 e. The van der Waals surface area contributed by atoms with Crippen LogP contribution in [0.15, 0.2) is 11.4 Å². The fourth-order valence-corrected chi connectivity index (χ4v) is 2.51. The summed E-state index contributed by atoms with van der Waals surface area (Å²) in [5.74, 6) is -0.365. The molecule has 0 unspecified atom stereocenters. The van der Waals surface area contributed by atoms with Crippen molar-refractivity contribution in [2.45, 2.75) is 5.16 Å². The van der Waals surface area contributed by atoms with Crippen LogP contribution in [0.3, 0.4) is 0 Å². The van der Waals surface area contributed by atoms with Crippen LogP contribution in [0, 0.1) is 0 Å². The second-order valence-electron chi connectivity index (χ2n) is 4.72. The molecule has 2 rings (SSSR count). The van der Waals surface area contributed by atoms with E-state index in [1.165, 1.54) is 0 Å². The highest BCUT2D eigenvalue weighted by molar-refractivity contribution is 7.90. The van der Waals surface area contributed by atoms with Crippen LogP contribution in [0.2, 0.25) is 5.02 Å². The summed E-state index contributed by atoms with van der Waals surface area (Å²) in [6, 6.07) is 0. The van der Waals surface area contributed by atoms with Crippen LogP contribution in [-0.4, -0.2) is 73.6 Å². The van der Waals surface area contributed by atoms with Crippen LogP contribution < -0.4 is 0 Å². The van der Waals surface area contributed by atoms with E-state index in [1.54, 1.807) is 4.90 Å². The molecule has 0 saturated carbocycles. The van der Waals surface area contributed by atoms with Crippen LogP contribution in [0.5, 0.6) is 0 Å². The summed E-state index contributed by atoms with van der Waals surface area (Å²) in [5, 5.41) is -0.333. The number of piperazine rings is 1. The number of aromatic nitrogens is 2. The average Bonchev–Trinajstić information content (AvgIpc) is 2.38. The van der Waals surface area contributed by atoms with Crippen LogP contribution in [0.1, 0.15) is 10.5 Å². The van der Waals surface area contributed by atoms with E-state index < -0.39 is 9.84 Å². The van der Waals surface area contributed by atoms with E-state index in [1.807, 2.05) is 7.05 Å². The Morgan fingerprint density at radius 2 is 1.90 bits per heavy atom. The predicted molar refractivity (Wildman–Crippen MR) is 73.6 cm³/mol. The second-order valence-corrected chi connectivity index (χ2v) is 7.03. The zero-order chi connectivity index (χ0) is 14.9. The third kappa shape index (κ3) is 3.25. The van der Waals surface area contributed by atoms with Crippen molar-refractivity contribution in [3.63, 3.8) is 0 Å². The van der Waals surface area contributed by atoms with Crippen molar-refractivity contribution in [1.82, 2.24) is 19.8 Å². The largest absolute Gasteiger partial charge is 0.335 e. The Morgan fingerprint density at radius 3 is 2.45 bits per heavy atom. The van der Waals surface area contributed by atoms with Gasteiger partial charge in [0.25, 0.3) is 5.91 Å². The highest BCUT2D eigenvalue weighted by Crippen LogP contribution is 2.17. The molecule has 0 N–H and O–H groups in total. The minimum absolute atomic E-state index is 0.0568. The minimum Gasteiger partial charge on any atom is -0.335 e. The molecule has 0 radical (unpaired) electrons. The lowest BCUT2D eigenvalue weighted by Gasteiger charge is -2.32. The van der Waals surface area contributed by atoms with Crippen LogP contribution in [0.25, 0.3) is 0 Å². The first kappa shape index (κ1) is 15.1. The lowest BCUT2D eigenvalue weighted by molar-refractivity contribution is 0.0657. The summed E-state index contributed by atoms with van der Waals surface area (Å²) >= 11 is 5.91. The van der Waals surface area contributed by atoms with Crippen molar-refractivity contribution >= 4 is 27.3 Å². The summed E-state index contributed by atoms with van der Waals surface area (Å²) in [7, 11) is -1.60. The van der Waals surface area contributed by atoms with E-state index in [0.717, 1.165) is 25.5 Å². The first-order valence-electron chi connectivity index (χ1n) is 5.99. The Kier molecular flexibility index (Phi) is 4.26. The highest BCUT2D eigenvalue weighted by atomic mass is 35.5. The lowest BCUT2D eigenvalue weighted by Crippen LogP contribution is -2.47. The normalized spacial score (nSPS) is 17.2. The van der Waals surface area contributed by atoms with E-state index in [4.69, 9.17) is 11.6 Å². The number of amides is 1. The highest BCUT2D eigenvalue weighted by Gasteiger charge is 2.25. The number of sulfone groups is 1. The molecule has 0 atom stereocenters. The van der Waals surface area contributed by atoms with Gasteiger partial charge in [-0.15, -0.1) is 0 Å². The minimum atomic E-state index is -3.57. The van der Waals surface area contributed by atoms with Gasteiger partial charge in [-0.2, -0.15) is 0 Å². The third-order valence-electron chi connectivity index (χ3n) is 3.05. The quantitative estimate of drug-likeness (QED) is 0.709. The number of carbonyl (C=O) groups is 1. The number of hydrogen-bond donors (Lipinski definition) is 0. The summed E-state index contributed by atoms with van der Waals surface area (Å²) in [6.07, 6.45) is 2.13. The van der Waals surface area contributed by atoms with Crippen LogP contribution >= 0.6 is 11.6 Å². The van der Waals surface area contributed by atoms with E-state index in [9.17, 15) is 13.2 Å². The Balaban J connectivity index is 2.30. The molecule has 0 aromatic carbocycles. The van der Waals surface area contributed by atoms with Crippen LogP contribution in [0.4, 0.5) is 0 Å². The Morgan fingerprint density at radius 1 is 1.30 bits per heavy atom. The maximum absolute atomic E-state index is 12.3. The molecule has 1 aliphatic rings. The van der Waals surface area contributed by atoms with Gasteiger partial charge in [0.2, 0.25) is 15.0 Å². The van der Waals surface area contributed by atoms with E-state index in [0.29, 0.717) is 13.1 Å². The molecule has 0 spiro atoms. The van der Waals surface area contributed by atoms with Crippen molar-refractivity contribution in [3.8, 4) is 0 Å². The third-order valence-corrected chi connectivity index (χ3v) is 4.18. The summed E-state index contributed by atoms with van der Waals surface area (Å²) in [5.41, 5.74) is -0.0633. The molecular weight excluding hydrogens is 304 g/mol. The molecule has 1 amide bonds. The number of rotatable bonds is 2. The Bertz CT molecular complexity index is 627. The fraction of sp³-hybridized carbons (Fsp3) is 0.545. The smallest absolute Gasteiger partial charge is 0.274 e. The monoisotopic (exact) mass is 318 g/mol. The molecule has 9 heteroatoms. The molecule has 1 aliphatic heterocycles. The zero-order valence-corrected chi connectivity index (χ0v) is 12.8. The van der Waals surface area contributed by atoms with E-state index >= 15 is 0 Å². The summed E-state index contributed by atoms with van der Waals surface area (Å²) < 4.78 is 22.9. The molecule has 1 aromatic rings. The fourth-order valence-electron chi connectivity index (χ4n) is 1.84. The maximum atomic E-state index is 12.3. The standard InChI is InChI=1S/C11H15ClN4O3S/c1-15-3-5-16(6-4-15)10(17)9-8(12)7-13-11(14-9)20(2,18)19/h7H,3-6H2,1-2H3. The van der Waals surface area contributed by atoms with Gasteiger partial charge in [-0.25, -0.2) is 18.4 Å². The van der Waals surface area contributed by atoms with Crippen LogP contribution in [-0.2, 0) is 9.84 Å². The first-order valence-corrected chi connectivity index (χ1v) is 8.26. The first-order chi connectivity index (χ1) is 9.29. The van der Waals surface area contributed by atoms with Crippen molar-refractivity contribution in [3.05, 3.63) is 16.9 Å². The van der Waals surface area contributed by atoms with Gasteiger partial charge < -0.3 is 9.80 Å². The molecule has 1 saturated heterocycles. The number of hydrogen-bond acceptors (Lipinski definition) is 6. The van der Waals surface area contributed by atoms with Gasteiger partial charge in [0.15, 0.2) is 5.69 Å². The molecule has 1 aromatic heterocycles. The Labute approximate surface area is 122 Å². The zero-order valence-electron chi connectivity index (χ0n) is 11.2. The van der Waals surface area contributed by atoms with E-state index in [2.05, 4.69) is 14.9 Å². The van der Waals surface area contributed by atoms with E-state index in [-0.39, 0.29) is 21.8 Å². The topological polar surface area (TPSA) is 83.5 Å². The second kappa shape index (κ2) is 5.63. The number of halogens is 1. The summed E-state index contributed by atoms with van der Waals surface area (Å²) in [4.78, 5) is 23.5. The van der Waals surface area contributed by atoms with Gasteiger partial charge in [0.05, 0.1) is 11.2 Å². The molecule has 1 fully saturated rings. The molecule has 2 heterocycles. The average molecular weight is 319 g/mol. The molecule has 20 heavy (non-hydrogen) atoms.